The van der Waals surface area contributed by atoms with Gasteiger partial charge in [-0.15, -0.1) is 24.0 Å². The summed E-state index contributed by atoms with van der Waals surface area (Å²) in [6, 6.07) is 7.81. The van der Waals surface area contributed by atoms with Crippen LogP contribution in [-0.4, -0.2) is 49.9 Å². The Morgan fingerprint density at radius 1 is 1.17 bits per heavy atom. The van der Waals surface area contributed by atoms with Crippen molar-refractivity contribution in [2.45, 2.75) is 13.0 Å². The van der Waals surface area contributed by atoms with Gasteiger partial charge in [0.15, 0.2) is 5.96 Å². The van der Waals surface area contributed by atoms with Crippen molar-refractivity contribution in [2.24, 2.45) is 28.7 Å². The lowest BCUT2D eigenvalue weighted by atomic mass is 9.85. The third-order valence-corrected chi connectivity index (χ3v) is 6.01. The number of fused-ring (bicyclic) bond motifs is 5. The fourth-order valence-electron chi connectivity index (χ4n) is 4.66. The average Bonchev–Trinajstić information content (AvgIpc) is 3.40. The van der Waals surface area contributed by atoms with Gasteiger partial charge in [-0.05, 0) is 36.0 Å². The average molecular weight is 510 g/mol. The first-order valence-electron chi connectivity index (χ1n) is 9.73. The van der Waals surface area contributed by atoms with Gasteiger partial charge in [0.25, 0.3) is 0 Å². The number of methoxy groups -OCH3 is 1. The van der Waals surface area contributed by atoms with Crippen LogP contribution in [0.15, 0.2) is 41.4 Å². The van der Waals surface area contributed by atoms with E-state index in [1.165, 1.54) is 4.90 Å². The number of ether oxygens (including phenoxy) is 1. The van der Waals surface area contributed by atoms with E-state index >= 15 is 0 Å². The predicted molar refractivity (Wildman–Crippen MR) is 121 cm³/mol. The number of nitrogens with zero attached hydrogens (tertiary/aromatic N) is 2. The van der Waals surface area contributed by atoms with Gasteiger partial charge in [-0.1, -0.05) is 24.3 Å². The zero-order valence-corrected chi connectivity index (χ0v) is 19.0. The standard InChI is InChI=1S/C21H26N4O3.HI/c1-22-21(24-12-13-4-3-5-16(10-13)28-2)23-8-9-25-19(26)17-14-6-7-15(11-14)18(17)20(25)27;/h3-7,10,14-15,17-18H,8-9,11-12H2,1-2H3,(H2,22,23,24);1H. The van der Waals surface area contributed by atoms with Crippen LogP contribution in [0.3, 0.4) is 0 Å². The van der Waals surface area contributed by atoms with Crippen molar-refractivity contribution >= 4 is 41.8 Å². The van der Waals surface area contributed by atoms with Gasteiger partial charge in [0.05, 0.1) is 18.9 Å². The van der Waals surface area contributed by atoms with Gasteiger partial charge in [0.1, 0.15) is 5.75 Å². The maximum absolute atomic E-state index is 12.7. The van der Waals surface area contributed by atoms with Crippen molar-refractivity contribution in [1.29, 1.82) is 0 Å². The molecule has 1 saturated carbocycles. The molecule has 1 aromatic carbocycles. The van der Waals surface area contributed by atoms with Gasteiger partial charge in [-0.3, -0.25) is 19.5 Å². The maximum atomic E-state index is 12.7. The highest BCUT2D eigenvalue weighted by atomic mass is 127. The van der Waals surface area contributed by atoms with Crippen LogP contribution in [0.1, 0.15) is 12.0 Å². The highest BCUT2D eigenvalue weighted by Crippen LogP contribution is 2.52. The molecule has 4 atom stereocenters. The number of amides is 2. The van der Waals surface area contributed by atoms with E-state index in [0.717, 1.165) is 17.7 Å². The fraction of sp³-hybridized carbons (Fsp3) is 0.476. The molecular weight excluding hydrogens is 483 g/mol. The molecule has 8 heteroatoms. The number of guanidine groups is 1. The van der Waals surface area contributed by atoms with Crippen LogP contribution in [-0.2, 0) is 16.1 Å². The van der Waals surface area contributed by atoms with Crippen LogP contribution < -0.4 is 15.4 Å². The molecule has 1 heterocycles. The second-order valence-corrected chi connectivity index (χ2v) is 7.53. The predicted octanol–water partition coefficient (Wildman–Crippen LogP) is 1.79. The number of halogens is 1. The van der Waals surface area contributed by atoms with Crippen LogP contribution in [0.2, 0.25) is 0 Å². The number of carbonyl (C=O) groups is 2. The minimum absolute atomic E-state index is 0. The number of nitrogens with one attached hydrogen (secondary N) is 2. The van der Waals surface area contributed by atoms with Crippen LogP contribution in [0.4, 0.5) is 0 Å². The summed E-state index contributed by atoms with van der Waals surface area (Å²) in [5.41, 5.74) is 1.07. The van der Waals surface area contributed by atoms with Crippen LogP contribution in [0.25, 0.3) is 0 Å². The molecule has 0 radical (unpaired) electrons. The van der Waals surface area contributed by atoms with Crippen molar-refractivity contribution in [3.8, 4) is 5.75 Å². The highest BCUT2D eigenvalue weighted by molar-refractivity contribution is 14.0. The second-order valence-electron chi connectivity index (χ2n) is 7.53. The van der Waals surface area contributed by atoms with Crippen molar-refractivity contribution in [3.63, 3.8) is 0 Å². The monoisotopic (exact) mass is 510 g/mol. The zero-order chi connectivity index (χ0) is 19.7. The number of imide groups is 1. The molecule has 0 spiro atoms. The molecule has 2 aliphatic carbocycles. The highest BCUT2D eigenvalue weighted by Gasteiger charge is 2.58. The molecule has 2 fully saturated rings. The Kier molecular flexibility index (Phi) is 6.81. The van der Waals surface area contributed by atoms with E-state index in [1.807, 2.05) is 24.3 Å². The summed E-state index contributed by atoms with van der Waals surface area (Å²) in [5.74, 6) is 1.66. The molecule has 2 N–H and O–H groups in total. The molecule has 2 amide bonds. The first-order chi connectivity index (χ1) is 13.6. The quantitative estimate of drug-likeness (QED) is 0.201. The van der Waals surface area contributed by atoms with Gasteiger partial charge < -0.3 is 15.4 Å². The third-order valence-electron chi connectivity index (χ3n) is 6.01. The topological polar surface area (TPSA) is 83.0 Å². The molecule has 0 aromatic heterocycles. The molecule has 7 nitrogen and oxygen atoms in total. The number of aliphatic imine (C=N–C) groups is 1. The van der Waals surface area contributed by atoms with E-state index < -0.39 is 0 Å². The number of hydrogen-bond acceptors (Lipinski definition) is 4. The molecule has 29 heavy (non-hydrogen) atoms. The number of rotatable bonds is 6. The summed E-state index contributed by atoms with van der Waals surface area (Å²) in [5, 5.41) is 6.42. The van der Waals surface area contributed by atoms with Gasteiger partial charge in [-0.2, -0.15) is 0 Å². The van der Waals surface area contributed by atoms with Crippen LogP contribution >= 0.6 is 24.0 Å². The zero-order valence-electron chi connectivity index (χ0n) is 16.6. The van der Waals surface area contributed by atoms with E-state index in [0.29, 0.717) is 25.6 Å². The van der Waals surface area contributed by atoms with Crippen LogP contribution in [0.5, 0.6) is 5.75 Å². The Morgan fingerprint density at radius 2 is 1.86 bits per heavy atom. The molecule has 1 aromatic rings. The summed E-state index contributed by atoms with van der Waals surface area (Å²) in [6.45, 7) is 1.43. The van der Waals surface area contributed by atoms with Gasteiger partial charge in [0.2, 0.25) is 11.8 Å². The first kappa shape index (κ1) is 21.6. The Balaban J connectivity index is 0.00000240. The number of likely N-dealkylation sites (tertiary alicyclic amines) is 1. The van der Waals surface area contributed by atoms with Crippen molar-refractivity contribution in [3.05, 3.63) is 42.0 Å². The van der Waals surface area contributed by atoms with E-state index in [9.17, 15) is 9.59 Å². The Labute approximate surface area is 188 Å². The fourth-order valence-corrected chi connectivity index (χ4v) is 4.66. The Bertz CT molecular complexity index is 811. The van der Waals surface area contributed by atoms with Crippen molar-refractivity contribution in [2.75, 3.05) is 27.2 Å². The lowest BCUT2D eigenvalue weighted by molar-refractivity contribution is -0.140. The molecule has 156 valence electrons. The minimum Gasteiger partial charge on any atom is -0.497 e. The smallest absolute Gasteiger partial charge is 0.233 e. The lowest BCUT2D eigenvalue weighted by Gasteiger charge is -2.18. The number of carbonyl (C=O) groups excluding carboxylic acids is 2. The summed E-state index contributed by atoms with van der Waals surface area (Å²) in [4.78, 5) is 31.0. The molecule has 4 rings (SSSR count). The normalized spacial score (nSPS) is 27.1. The number of allylic oxidation sites excluding steroid dienone is 2. The minimum atomic E-state index is -0.131. The van der Waals surface area contributed by atoms with E-state index in [-0.39, 0.29) is 59.5 Å². The molecule has 1 saturated heterocycles. The first-order valence-corrected chi connectivity index (χ1v) is 9.73. The van der Waals surface area contributed by atoms with Crippen molar-refractivity contribution < 1.29 is 14.3 Å². The van der Waals surface area contributed by atoms with E-state index in [4.69, 9.17) is 4.74 Å². The molecule has 3 aliphatic rings. The number of benzene rings is 1. The SMILES string of the molecule is CN=C(NCCN1C(=O)C2C3C=CC(C3)C2C1=O)NCc1cccc(OC)c1.I. The lowest BCUT2D eigenvalue weighted by Crippen LogP contribution is -2.43. The van der Waals surface area contributed by atoms with Crippen molar-refractivity contribution in [1.82, 2.24) is 15.5 Å². The molecule has 4 unspecified atom stereocenters. The second kappa shape index (κ2) is 9.15. The van der Waals surface area contributed by atoms with Gasteiger partial charge in [-0.25, -0.2) is 0 Å². The van der Waals surface area contributed by atoms with E-state index in [1.54, 1.807) is 14.2 Å². The maximum Gasteiger partial charge on any atom is 0.233 e. The van der Waals surface area contributed by atoms with Gasteiger partial charge >= 0.3 is 0 Å². The van der Waals surface area contributed by atoms with E-state index in [2.05, 4.69) is 27.8 Å². The van der Waals surface area contributed by atoms with Gasteiger partial charge in [0, 0.05) is 26.7 Å². The summed E-state index contributed by atoms with van der Waals surface area (Å²) in [7, 11) is 3.34. The molecule has 1 aliphatic heterocycles. The number of hydrogen-bond donors (Lipinski definition) is 2. The summed E-state index contributed by atoms with van der Waals surface area (Å²) >= 11 is 0. The summed E-state index contributed by atoms with van der Waals surface area (Å²) in [6.07, 6.45) is 5.19. The molecular formula is C21H27IN4O3. The van der Waals surface area contributed by atoms with Crippen LogP contribution in [0, 0.1) is 23.7 Å². The summed E-state index contributed by atoms with van der Waals surface area (Å²) < 4.78 is 5.23. The largest absolute Gasteiger partial charge is 0.497 e. The third kappa shape index (κ3) is 4.12. The Morgan fingerprint density at radius 3 is 2.48 bits per heavy atom. The Hall–Kier alpha value is -2.10. The molecule has 2 bridgehead atoms.